The third-order valence-corrected chi connectivity index (χ3v) is 7.02. The number of fused-ring (bicyclic) bond motifs is 2. The number of carbonyl (C=O) groups is 1. The highest BCUT2D eigenvalue weighted by Crippen LogP contribution is 2.39. The summed E-state index contributed by atoms with van der Waals surface area (Å²) in [6.07, 6.45) is 5.22. The molecule has 1 aromatic rings. The highest BCUT2D eigenvalue weighted by Gasteiger charge is 2.40. The topological polar surface area (TPSA) is 101 Å². The maximum atomic E-state index is 12.6. The monoisotopic (exact) mass is 401 g/mol. The van der Waals surface area contributed by atoms with Crippen LogP contribution in [0.15, 0.2) is 35.2 Å². The number of rotatable bonds is 5. The SMILES string of the molecule is CC(NS(=O)(=O)c1ccccc1)C(=O)NC1C2CCCC1CC(N)C2.Cl. The lowest BCUT2D eigenvalue weighted by Crippen LogP contribution is -2.57. The number of amides is 1. The second-order valence-corrected chi connectivity index (χ2v) is 9.09. The van der Waals surface area contributed by atoms with Crippen molar-refractivity contribution in [3.8, 4) is 0 Å². The quantitative estimate of drug-likeness (QED) is 0.700. The van der Waals surface area contributed by atoms with Gasteiger partial charge in [-0.05, 0) is 56.6 Å². The van der Waals surface area contributed by atoms with Gasteiger partial charge in [-0.1, -0.05) is 24.6 Å². The Morgan fingerprint density at radius 2 is 1.73 bits per heavy atom. The first-order chi connectivity index (χ1) is 11.9. The summed E-state index contributed by atoms with van der Waals surface area (Å²) in [6.45, 7) is 1.58. The summed E-state index contributed by atoms with van der Waals surface area (Å²) in [5.41, 5.74) is 6.12. The lowest BCUT2D eigenvalue weighted by atomic mass is 9.67. The summed E-state index contributed by atoms with van der Waals surface area (Å²) in [5.74, 6) is 0.547. The summed E-state index contributed by atoms with van der Waals surface area (Å²) < 4.78 is 27.2. The van der Waals surface area contributed by atoms with E-state index >= 15 is 0 Å². The Morgan fingerprint density at radius 3 is 2.31 bits per heavy atom. The molecule has 3 rings (SSSR count). The smallest absolute Gasteiger partial charge is 0.241 e. The van der Waals surface area contributed by atoms with Crippen LogP contribution in [0.2, 0.25) is 0 Å². The average Bonchev–Trinajstić information content (AvgIpc) is 2.56. The fourth-order valence-electron chi connectivity index (χ4n) is 4.27. The van der Waals surface area contributed by atoms with Crippen molar-refractivity contribution in [3.05, 3.63) is 30.3 Å². The number of halogens is 1. The highest BCUT2D eigenvalue weighted by atomic mass is 35.5. The summed E-state index contributed by atoms with van der Waals surface area (Å²) in [5, 5.41) is 3.09. The number of nitrogens with one attached hydrogen (secondary N) is 2. The Labute approximate surface area is 161 Å². The predicted molar refractivity (Wildman–Crippen MR) is 103 cm³/mol. The Morgan fingerprint density at radius 1 is 1.15 bits per heavy atom. The molecule has 2 aliphatic rings. The number of nitrogens with two attached hydrogens (primary N) is 1. The molecule has 0 heterocycles. The van der Waals surface area contributed by atoms with Crippen molar-refractivity contribution >= 4 is 28.3 Å². The zero-order valence-electron chi connectivity index (χ0n) is 14.9. The molecule has 0 aromatic heterocycles. The van der Waals surface area contributed by atoms with Crippen LogP contribution in [0.1, 0.15) is 39.0 Å². The third kappa shape index (κ3) is 4.76. The maximum Gasteiger partial charge on any atom is 0.241 e. The highest BCUT2D eigenvalue weighted by molar-refractivity contribution is 7.89. The van der Waals surface area contributed by atoms with Crippen LogP contribution in [0.5, 0.6) is 0 Å². The van der Waals surface area contributed by atoms with E-state index in [1.54, 1.807) is 25.1 Å². The predicted octanol–water partition coefficient (Wildman–Crippen LogP) is 1.80. The van der Waals surface area contributed by atoms with Gasteiger partial charge in [-0.25, -0.2) is 8.42 Å². The first kappa shape index (κ1) is 21.2. The fourth-order valence-corrected chi connectivity index (χ4v) is 5.49. The molecule has 0 radical (unpaired) electrons. The van der Waals surface area contributed by atoms with Crippen LogP contribution in [0.4, 0.5) is 0 Å². The van der Waals surface area contributed by atoms with Gasteiger partial charge in [0.15, 0.2) is 0 Å². The molecular formula is C18H28ClN3O3S. The molecule has 26 heavy (non-hydrogen) atoms. The summed E-state index contributed by atoms with van der Waals surface area (Å²) in [7, 11) is -3.70. The minimum atomic E-state index is -3.70. The lowest BCUT2D eigenvalue weighted by Gasteiger charge is -2.45. The van der Waals surface area contributed by atoms with Crippen LogP contribution >= 0.6 is 12.4 Å². The molecule has 4 N–H and O–H groups in total. The van der Waals surface area contributed by atoms with Gasteiger partial charge in [-0.15, -0.1) is 12.4 Å². The molecule has 3 atom stereocenters. The average molecular weight is 402 g/mol. The van der Waals surface area contributed by atoms with E-state index in [0.717, 1.165) is 25.7 Å². The molecule has 1 amide bonds. The Hall–Kier alpha value is -1.15. The number of hydrogen-bond acceptors (Lipinski definition) is 4. The zero-order valence-corrected chi connectivity index (χ0v) is 16.6. The van der Waals surface area contributed by atoms with E-state index < -0.39 is 16.1 Å². The van der Waals surface area contributed by atoms with Gasteiger partial charge >= 0.3 is 0 Å². The van der Waals surface area contributed by atoms with Gasteiger partial charge in [0.2, 0.25) is 15.9 Å². The van der Waals surface area contributed by atoms with E-state index in [9.17, 15) is 13.2 Å². The van der Waals surface area contributed by atoms with Crippen molar-refractivity contribution < 1.29 is 13.2 Å². The van der Waals surface area contributed by atoms with Gasteiger partial charge in [0.05, 0.1) is 10.9 Å². The molecule has 3 unspecified atom stereocenters. The second-order valence-electron chi connectivity index (χ2n) is 7.37. The molecule has 2 bridgehead atoms. The maximum absolute atomic E-state index is 12.6. The van der Waals surface area contributed by atoms with Crippen molar-refractivity contribution in [1.29, 1.82) is 0 Å². The zero-order chi connectivity index (χ0) is 18.0. The third-order valence-electron chi connectivity index (χ3n) is 5.46. The summed E-state index contributed by atoms with van der Waals surface area (Å²) in [4.78, 5) is 12.7. The van der Waals surface area contributed by atoms with Gasteiger partial charge in [-0.2, -0.15) is 4.72 Å². The first-order valence-electron chi connectivity index (χ1n) is 9.00. The number of hydrogen-bond donors (Lipinski definition) is 3. The van der Waals surface area contributed by atoms with Crippen molar-refractivity contribution in [2.45, 2.75) is 62.0 Å². The molecule has 2 saturated carbocycles. The molecule has 8 heteroatoms. The summed E-state index contributed by atoms with van der Waals surface area (Å²) >= 11 is 0. The van der Waals surface area contributed by atoms with Crippen LogP contribution in [0, 0.1) is 11.8 Å². The first-order valence-corrected chi connectivity index (χ1v) is 10.5. The van der Waals surface area contributed by atoms with Crippen molar-refractivity contribution in [2.24, 2.45) is 17.6 Å². The number of carbonyl (C=O) groups excluding carboxylic acids is 1. The minimum absolute atomic E-state index is 0. The molecule has 146 valence electrons. The van der Waals surface area contributed by atoms with Gasteiger partial charge in [-0.3, -0.25) is 4.79 Å². The fraction of sp³-hybridized carbons (Fsp3) is 0.611. The Bertz CT molecular complexity index is 700. The number of benzene rings is 1. The van der Waals surface area contributed by atoms with E-state index in [1.807, 2.05) is 0 Å². The normalized spacial score (nSPS) is 29.3. The Kier molecular flexibility index (Phi) is 7.07. The van der Waals surface area contributed by atoms with E-state index in [0.29, 0.717) is 11.8 Å². The molecule has 0 spiro atoms. The van der Waals surface area contributed by atoms with Gasteiger partial charge in [0.25, 0.3) is 0 Å². The number of sulfonamides is 1. The van der Waals surface area contributed by atoms with Crippen molar-refractivity contribution in [3.63, 3.8) is 0 Å². The van der Waals surface area contributed by atoms with E-state index in [-0.39, 0.29) is 35.3 Å². The van der Waals surface area contributed by atoms with Crippen LogP contribution < -0.4 is 15.8 Å². The molecule has 0 saturated heterocycles. The van der Waals surface area contributed by atoms with Crippen LogP contribution in [-0.4, -0.2) is 32.5 Å². The minimum Gasteiger partial charge on any atom is -0.351 e. The van der Waals surface area contributed by atoms with Gasteiger partial charge < -0.3 is 11.1 Å². The second kappa shape index (κ2) is 8.69. The standard InChI is InChI=1S/C18H27N3O3S.ClH/c1-12(21-25(23,24)16-8-3-2-4-9-16)18(22)20-17-13-6-5-7-14(17)11-15(19)10-13;/h2-4,8-9,12-15,17,21H,5-7,10-11,19H2,1H3,(H,20,22);1H. The Balaban J connectivity index is 0.00000243. The molecule has 0 aliphatic heterocycles. The molecular weight excluding hydrogens is 374 g/mol. The van der Waals surface area contributed by atoms with Crippen molar-refractivity contribution in [1.82, 2.24) is 10.0 Å². The van der Waals surface area contributed by atoms with E-state index in [2.05, 4.69) is 10.0 Å². The molecule has 2 fully saturated rings. The van der Waals surface area contributed by atoms with Crippen LogP contribution in [0.25, 0.3) is 0 Å². The molecule has 2 aliphatic carbocycles. The van der Waals surface area contributed by atoms with Gasteiger partial charge in [0.1, 0.15) is 0 Å². The van der Waals surface area contributed by atoms with E-state index in [4.69, 9.17) is 5.73 Å². The summed E-state index contributed by atoms with van der Waals surface area (Å²) in [6, 6.07) is 7.61. The van der Waals surface area contributed by atoms with Crippen molar-refractivity contribution in [2.75, 3.05) is 0 Å². The molecule has 6 nitrogen and oxygen atoms in total. The van der Waals surface area contributed by atoms with Gasteiger partial charge in [0, 0.05) is 12.1 Å². The van der Waals surface area contributed by atoms with Crippen LogP contribution in [0.3, 0.4) is 0 Å². The molecule has 1 aromatic carbocycles. The lowest BCUT2D eigenvalue weighted by molar-refractivity contribution is -0.124. The largest absolute Gasteiger partial charge is 0.351 e. The van der Waals surface area contributed by atoms with E-state index in [1.165, 1.54) is 18.6 Å². The van der Waals surface area contributed by atoms with Crippen LogP contribution in [-0.2, 0) is 14.8 Å².